The normalized spacial score (nSPS) is 20.2. The first-order valence-electron chi connectivity index (χ1n) is 8.03. The predicted molar refractivity (Wildman–Crippen MR) is 107 cm³/mol. The highest BCUT2D eigenvalue weighted by atomic mass is 32.2. The number of hydrogen-bond acceptors (Lipinski definition) is 5. The monoisotopic (exact) mass is 454 g/mol. The van der Waals surface area contributed by atoms with Gasteiger partial charge in [-0.2, -0.15) is 0 Å². The molecule has 0 aliphatic carbocycles. The van der Waals surface area contributed by atoms with E-state index in [0.717, 1.165) is 0 Å². The number of rotatable bonds is 13. The molecular formula is C13H32N2O7P2S2. The fourth-order valence-electron chi connectivity index (χ4n) is 2.23. The maximum absolute atomic E-state index is 12.1. The first-order chi connectivity index (χ1) is 11.4. The molecule has 0 aromatic carbocycles. The second-order valence-electron chi connectivity index (χ2n) is 7.69. The Kier molecular flexibility index (Phi) is 10.6. The molecule has 0 rings (SSSR count). The molecule has 4 atom stereocenters. The van der Waals surface area contributed by atoms with Crippen molar-refractivity contribution in [3.63, 3.8) is 0 Å². The van der Waals surface area contributed by atoms with Crippen LogP contribution in [0, 0.1) is 5.41 Å². The largest absolute Gasteiger partial charge is 0.400 e. The van der Waals surface area contributed by atoms with Gasteiger partial charge in [0, 0.05) is 50.8 Å². The van der Waals surface area contributed by atoms with Crippen molar-refractivity contribution >= 4 is 36.9 Å². The second kappa shape index (κ2) is 10.4. The quantitative estimate of drug-likeness (QED) is 0.299. The molecule has 0 aliphatic rings. The average molecular weight is 454 g/mol. The van der Waals surface area contributed by atoms with Gasteiger partial charge in [0.05, 0.1) is 5.60 Å². The van der Waals surface area contributed by atoms with Crippen molar-refractivity contribution in [1.82, 2.24) is 0 Å². The highest BCUT2D eigenvalue weighted by Gasteiger charge is 2.29. The van der Waals surface area contributed by atoms with E-state index >= 15 is 0 Å². The van der Waals surface area contributed by atoms with Crippen LogP contribution in [0.3, 0.4) is 0 Å². The van der Waals surface area contributed by atoms with Gasteiger partial charge in [-0.1, -0.05) is 13.8 Å². The minimum absolute atomic E-state index is 0.0476. The molecular weight excluding hydrogens is 422 g/mol. The molecule has 158 valence electrons. The molecule has 0 saturated heterocycles. The fraction of sp³-hybridized carbons (Fsp3) is 1.00. The van der Waals surface area contributed by atoms with E-state index in [1.807, 2.05) is 0 Å². The average Bonchev–Trinajstić information content (AvgIpc) is 2.35. The van der Waals surface area contributed by atoms with Crippen LogP contribution in [0.15, 0.2) is 0 Å². The Morgan fingerprint density at radius 2 is 1.31 bits per heavy atom. The first kappa shape index (κ1) is 26.6. The zero-order valence-corrected chi connectivity index (χ0v) is 19.2. The molecule has 6 N–H and O–H groups in total. The minimum Gasteiger partial charge on any atom is -0.333 e. The summed E-state index contributed by atoms with van der Waals surface area (Å²) in [5.74, 6) is 1.05. The molecule has 0 aromatic heterocycles. The fourth-order valence-corrected chi connectivity index (χ4v) is 7.81. The highest BCUT2D eigenvalue weighted by Crippen LogP contribution is 2.40. The van der Waals surface area contributed by atoms with Crippen molar-refractivity contribution in [2.24, 2.45) is 16.4 Å². The van der Waals surface area contributed by atoms with E-state index in [9.17, 15) is 22.4 Å². The van der Waals surface area contributed by atoms with Crippen LogP contribution >= 0.6 is 15.3 Å². The molecule has 0 fully saturated rings. The number of hydrogen-bond donors (Lipinski definition) is 4. The van der Waals surface area contributed by atoms with Crippen LogP contribution < -0.4 is 11.0 Å². The third-order valence-electron chi connectivity index (χ3n) is 3.51. The van der Waals surface area contributed by atoms with Crippen LogP contribution in [0.4, 0.5) is 0 Å². The van der Waals surface area contributed by atoms with E-state index < -0.39 is 47.9 Å². The van der Waals surface area contributed by atoms with Crippen LogP contribution in [0.5, 0.6) is 0 Å². The Labute approximate surface area is 160 Å². The third-order valence-corrected chi connectivity index (χ3v) is 8.47. The molecule has 0 radical (unpaired) electrons. The topological polar surface area (TPSA) is 170 Å². The van der Waals surface area contributed by atoms with E-state index in [0.29, 0.717) is 12.2 Å². The van der Waals surface area contributed by atoms with Crippen molar-refractivity contribution in [2.75, 3.05) is 29.2 Å². The van der Waals surface area contributed by atoms with Gasteiger partial charge in [0.15, 0.2) is 0 Å². The van der Waals surface area contributed by atoms with Crippen LogP contribution in [0.25, 0.3) is 0 Å². The maximum atomic E-state index is 12.1. The van der Waals surface area contributed by atoms with E-state index in [4.69, 9.17) is 20.4 Å². The summed E-state index contributed by atoms with van der Waals surface area (Å²) in [6, 6.07) is 0. The smallest absolute Gasteiger partial charge is 0.333 e. The minimum atomic E-state index is -4.11. The van der Waals surface area contributed by atoms with Crippen molar-refractivity contribution < 1.29 is 31.9 Å². The molecule has 26 heavy (non-hydrogen) atoms. The van der Waals surface area contributed by atoms with Crippen molar-refractivity contribution in [2.45, 2.75) is 46.1 Å². The molecule has 0 amide bonds. The van der Waals surface area contributed by atoms with Gasteiger partial charge in [-0.15, -0.1) is 0 Å². The van der Waals surface area contributed by atoms with Crippen molar-refractivity contribution in [1.29, 1.82) is 0 Å². The molecule has 0 heterocycles. The Morgan fingerprint density at radius 1 is 0.885 bits per heavy atom. The molecule has 4 unspecified atom stereocenters. The van der Waals surface area contributed by atoms with Crippen LogP contribution in [-0.2, 0) is 35.3 Å². The molecule has 13 heteroatoms. The lowest BCUT2D eigenvalue weighted by Crippen LogP contribution is -2.28. The lowest BCUT2D eigenvalue weighted by Gasteiger charge is -2.26. The number of nitrogens with two attached hydrogens (primary N) is 2. The van der Waals surface area contributed by atoms with Gasteiger partial charge in [-0.25, -0.2) is 10.1 Å². The summed E-state index contributed by atoms with van der Waals surface area (Å²) in [5.41, 5.74) is 8.65. The van der Waals surface area contributed by atoms with Gasteiger partial charge in [0.2, 0.25) is 0 Å². The van der Waals surface area contributed by atoms with Gasteiger partial charge in [-0.3, -0.25) is 23.0 Å². The molecule has 0 bridgehead atoms. The van der Waals surface area contributed by atoms with E-state index in [1.54, 1.807) is 27.7 Å². The summed E-state index contributed by atoms with van der Waals surface area (Å²) in [5, 5.41) is 0. The first-order valence-corrected chi connectivity index (χ1v) is 14.6. The van der Waals surface area contributed by atoms with Gasteiger partial charge in [0.1, 0.15) is 0 Å². The van der Waals surface area contributed by atoms with Crippen LogP contribution in [0.1, 0.15) is 40.5 Å². The van der Waals surface area contributed by atoms with Gasteiger partial charge < -0.3 is 9.79 Å². The van der Waals surface area contributed by atoms with E-state index in [-0.39, 0.29) is 29.8 Å². The highest BCUT2D eigenvalue weighted by molar-refractivity contribution is 7.88. The third kappa shape index (κ3) is 15.6. The SMILES string of the molecule is CC(C)(CCS(=O)CCS(=O)CCC(C)(C)OP(N)(=O)O)CP(N)(=O)O. The summed E-state index contributed by atoms with van der Waals surface area (Å²) >= 11 is 0. The molecule has 9 nitrogen and oxygen atoms in total. The summed E-state index contributed by atoms with van der Waals surface area (Å²) in [7, 11) is -10.2. The standard InChI is InChI=1S/C13H32N2O7P2S2/c1-12(2,11-23(14,16)17)5-7-25(20)9-10-26(21)8-6-13(3,4)22-24(15,18)19/h5-11H2,1-4H3,(H3,14,16,17)(H3,15,18,19). The Balaban J connectivity index is 4.22. The van der Waals surface area contributed by atoms with Crippen LogP contribution in [-0.4, -0.2) is 53.0 Å². The zero-order chi connectivity index (χ0) is 20.8. The zero-order valence-electron chi connectivity index (χ0n) is 15.8. The molecule has 0 saturated carbocycles. The van der Waals surface area contributed by atoms with Crippen molar-refractivity contribution in [3.05, 3.63) is 0 Å². The Bertz CT molecular complexity index is 549. The lowest BCUT2D eigenvalue weighted by atomic mass is 9.93. The summed E-state index contributed by atoms with van der Waals surface area (Å²) in [6.45, 7) is 6.74. The molecule has 0 aromatic rings. The molecule has 0 spiro atoms. The summed E-state index contributed by atoms with van der Waals surface area (Å²) in [4.78, 5) is 18.3. The van der Waals surface area contributed by atoms with Gasteiger partial charge >= 0.3 is 7.75 Å². The second-order valence-corrected chi connectivity index (χ2v) is 14.2. The Hall–Kier alpha value is 0.560. The van der Waals surface area contributed by atoms with Crippen LogP contribution in [0.2, 0.25) is 0 Å². The van der Waals surface area contributed by atoms with E-state index in [1.165, 1.54) is 0 Å². The lowest BCUT2D eigenvalue weighted by molar-refractivity contribution is 0.0896. The summed E-state index contributed by atoms with van der Waals surface area (Å²) < 4.78 is 51.3. The van der Waals surface area contributed by atoms with Gasteiger partial charge in [-0.05, 0) is 32.1 Å². The van der Waals surface area contributed by atoms with Crippen molar-refractivity contribution in [3.8, 4) is 0 Å². The van der Waals surface area contributed by atoms with Gasteiger partial charge in [0.25, 0.3) is 7.52 Å². The predicted octanol–water partition coefficient (Wildman–Crippen LogP) is 1.29. The maximum Gasteiger partial charge on any atom is 0.400 e. The molecule has 0 aliphatic heterocycles. The summed E-state index contributed by atoms with van der Waals surface area (Å²) in [6.07, 6.45) is 0.689. The van der Waals surface area contributed by atoms with E-state index in [2.05, 4.69) is 0 Å². The Morgan fingerprint density at radius 3 is 1.69 bits per heavy atom.